The molecule has 0 saturated carbocycles. The molecule has 4 N–H and O–H groups in total. The number of carbonyl (C=O) groups excluding carboxylic acids is 2. The maximum absolute atomic E-state index is 13.5. The first kappa shape index (κ1) is 41.8. The highest BCUT2D eigenvalue weighted by Crippen LogP contribution is 2.42. The van der Waals surface area contributed by atoms with Crippen LogP contribution in [-0.2, 0) is 19.9 Å². The average Bonchev–Trinajstić information content (AvgIpc) is 3.58. The highest BCUT2D eigenvalue weighted by atomic mass is 16.5. The number of benzene rings is 3. The first-order valence-corrected chi connectivity index (χ1v) is 19.8. The quantitative estimate of drug-likeness (QED) is 0.0610. The minimum atomic E-state index is -1.00. The molecule has 290 valence electrons. The molecule has 0 unspecified atom stereocenters. The standard InChI is InChI=1S/C44H63N3O6/c1-51-40-26-22-36(23-27-40)44(35-18-12-10-13-19-35,37-24-28-41(52-2)29-25-37)53-34-38-32-39(48)33-47(38)43(50)21-15-11-17-31-46-42(49)20-14-8-6-4-3-5-7-9-16-30-45/h10,12-13,18-19,22-29,38-39,48H,3-9,11,14-17,20-21,30-34,45H2,1-2H3,(H,46,49)/t38-,39+/m0/s1. The summed E-state index contributed by atoms with van der Waals surface area (Å²) in [5, 5.41) is 13.8. The van der Waals surface area contributed by atoms with E-state index in [0.29, 0.717) is 32.4 Å². The van der Waals surface area contributed by atoms with E-state index in [1.165, 1.54) is 38.5 Å². The molecule has 9 nitrogen and oxygen atoms in total. The second-order valence-corrected chi connectivity index (χ2v) is 14.3. The summed E-state index contributed by atoms with van der Waals surface area (Å²) in [5.41, 5.74) is 7.32. The summed E-state index contributed by atoms with van der Waals surface area (Å²) in [6.07, 6.45) is 13.9. The topological polar surface area (TPSA) is 123 Å². The minimum absolute atomic E-state index is 0.0222. The zero-order chi connectivity index (χ0) is 37.7. The lowest BCUT2D eigenvalue weighted by molar-refractivity contribution is -0.134. The molecular weight excluding hydrogens is 666 g/mol. The Kier molecular flexibility index (Phi) is 18.1. The van der Waals surface area contributed by atoms with Gasteiger partial charge in [-0.1, -0.05) is 106 Å². The molecule has 1 aliphatic heterocycles. The van der Waals surface area contributed by atoms with Crippen molar-refractivity contribution < 1.29 is 28.9 Å². The number of methoxy groups -OCH3 is 2. The van der Waals surface area contributed by atoms with Gasteiger partial charge in [-0.15, -0.1) is 0 Å². The van der Waals surface area contributed by atoms with Crippen LogP contribution in [0.25, 0.3) is 0 Å². The molecule has 3 aromatic rings. The Balaban J connectivity index is 1.28. The van der Waals surface area contributed by atoms with Crippen LogP contribution in [0.5, 0.6) is 11.5 Å². The molecule has 0 aliphatic carbocycles. The van der Waals surface area contributed by atoms with Crippen molar-refractivity contribution in [3.8, 4) is 11.5 Å². The van der Waals surface area contributed by atoms with Gasteiger partial charge in [-0.2, -0.15) is 0 Å². The van der Waals surface area contributed by atoms with Crippen LogP contribution in [0.4, 0.5) is 0 Å². The SMILES string of the molecule is COc1ccc(C(OC[C@@H]2C[C@@H](O)CN2C(=O)CCCCCNC(=O)CCCCCCCCCCCN)(c2ccccc2)c2ccc(OC)cc2)cc1. The maximum Gasteiger partial charge on any atom is 0.222 e. The number of aliphatic hydroxyl groups is 1. The summed E-state index contributed by atoms with van der Waals surface area (Å²) in [6, 6.07) is 25.6. The average molecular weight is 730 g/mol. The molecule has 4 rings (SSSR count). The number of β-amino-alcohol motifs (C(OH)–C–C–N with tert-alkyl or cyclic N) is 1. The molecule has 0 aromatic heterocycles. The number of rotatable bonds is 25. The largest absolute Gasteiger partial charge is 0.497 e. The van der Waals surface area contributed by atoms with Crippen LogP contribution in [-0.4, -0.2) is 74.4 Å². The van der Waals surface area contributed by atoms with E-state index in [0.717, 1.165) is 73.3 Å². The van der Waals surface area contributed by atoms with E-state index in [1.54, 1.807) is 19.1 Å². The number of carbonyl (C=O) groups is 2. The van der Waals surface area contributed by atoms with Crippen LogP contribution in [0.15, 0.2) is 78.9 Å². The number of hydrogen-bond acceptors (Lipinski definition) is 7. The van der Waals surface area contributed by atoms with E-state index >= 15 is 0 Å². The van der Waals surface area contributed by atoms with Crippen LogP contribution in [0.2, 0.25) is 0 Å². The van der Waals surface area contributed by atoms with Crippen LogP contribution >= 0.6 is 0 Å². The maximum atomic E-state index is 13.5. The summed E-state index contributed by atoms with van der Waals surface area (Å²) in [6.45, 7) is 1.95. The van der Waals surface area contributed by atoms with E-state index < -0.39 is 11.7 Å². The molecule has 1 aliphatic rings. The van der Waals surface area contributed by atoms with Gasteiger partial charge in [0.25, 0.3) is 0 Å². The summed E-state index contributed by atoms with van der Waals surface area (Å²) in [7, 11) is 3.29. The fourth-order valence-electron chi connectivity index (χ4n) is 7.36. The monoisotopic (exact) mass is 729 g/mol. The highest BCUT2D eigenvalue weighted by Gasteiger charge is 2.41. The smallest absolute Gasteiger partial charge is 0.222 e. The molecule has 2 atom stereocenters. The molecule has 0 radical (unpaired) electrons. The molecular formula is C44H63N3O6. The number of amides is 2. The normalized spacial score (nSPS) is 15.7. The summed E-state index contributed by atoms with van der Waals surface area (Å²) < 4.78 is 18.0. The second kappa shape index (κ2) is 23.0. The molecule has 9 heteroatoms. The van der Waals surface area contributed by atoms with Crippen LogP contribution in [0, 0.1) is 0 Å². The molecule has 2 amide bonds. The van der Waals surface area contributed by atoms with Gasteiger partial charge in [0.15, 0.2) is 0 Å². The van der Waals surface area contributed by atoms with Crippen molar-refractivity contribution in [1.29, 1.82) is 0 Å². The van der Waals surface area contributed by atoms with E-state index in [1.807, 2.05) is 66.7 Å². The molecule has 53 heavy (non-hydrogen) atoms. The van der Waals surface area contributed by atoms with Crippen molar-refractivity contribution >= 4 is 11.8 Å². The van der Waals surface area contributed by atoms with Gasteiger partial charge in [0, 0.05) is 25.9 Å². The van der Waals surface area contributed by atoms with Gasteiger partial charge in [0.2, 0.25) is 11.8 Å². The summed E-state index contributed by atoms with van der Waals surface area (Å²) >= 11 is 0. The fourth-order valence-corrected chi connectivity index (χ4v) is 7.36. The van der Waals surface area contributed by atoms with Gasteiger partial charge in [0.1, 0.15) is 17.1 Å². The van der Waals surface area contributed by atoms with Gasteiger partial charge in [-0.3, -0.25) is 9.59 Å². The first-order valence-electron chi connectivity index (χ1n) is 19.8. The Hall–Kier alpha value is -3.92. The molecule has 1 heterocycles. The van der Waals surface area contributed by atoms with Gasteiger partial charge < -0.3 is 35.3 Å². The van der Waals surface area contributed by atoms with Crippen LogP contribution in [0.1, 0.15) is 113 Å². The van der Waals surface area contributed by atoms with Gasteiger partial charge in [0.05, 0.1) is 33.0 Å². The lowest BCUT2D eigenvalue weighted by atomic mass is 9.80. The van der Waals surface area contributed by atoms with Gasteiger partial charge >= 0.3 is 0 Å². The number of aliphatic hydroxyl groups excluding tert-OH is 1. The number of nitrogens with zero attached hydrogens (tertiary/aromatic N) is 1. The number of nitrogens with one attached hydrogen (secondary N) is 1. The summed E-state index contributed by atoms with van der Waals surface area (Å²) in [4.78, 5) is 27.6. The van der Waals surface area contributed by atoms with E-state index in [2.05, 4.69) is 17.4 Å². The van der Waals surface area contributed by atoms with Crippen molar-refractivity contribution in [2.24, 2.45) is 5.73 Å². The Morgan fingerprint density at radius 3 is 1.79 bits per heavy atom. The lowest BCUT2D eigenvalue weighted by Crippen LogP contribution is -2.42. The van der Waals surface area contributed by atoms with Crippen molar-refractivity contribution in [3.05, 3.63) is 95.6 Å². The van der Waals surface area contributed by atoms with Gasteiger partial charge in [-0.05, 0) is 79.6 Å². The van der Waals surface area contributed by atoms with Crippen LogP contribution < -0.4 is 20.5 Å². The Bertz CT molecular complexity index is 1420. The molecule has 1 fully saturated rings. The Morgan fingerprint density at radius 2 is 1.23 bits per heavy atom. The third kappa shape index (κ3) is 12.9. The number of hydrogen-bond donors (Lipinski definition) is 3. The van der Waals surface area contributed by atoms with Crippen molar-refractivity contribution in [1.82, 2.24) is 10.2 Å². The second-order valence-electron chi connectivity index (χ2n) is 14.3. The predicted octanol–water partition coefficient (Wildman–Crippen LogP) is 7.51. The molecule has 1 saturated heterocycles. The molecule has 0 spiro atoms. The zero-order valence-corrected chi connectivity index (χ0v) is 32.1. The number of nitrogens with two attached hydrogens (primary N) is 1. The van der Waals surface area contributed by atoms with Crippen LogP contribution in [0.3, 0.4) is 0 Å². The third-order valence-corrected chi connectivity index (χ3v) is 10.4. The summed E-state index contributed by atoms with van der Waals surface area (Å²) in [5.74, 6) is 1.62. The Morgan fingerprint density at radius 1 is 0.717 bits per heavy atom. The third-order valence-electron chi connectivity index (χ3n) is 10.4. The van der Waals surface area contributed by atoms with E-state index in [4.69, 9.17) is 19.9 Å². The van der Waals surface area contributed by atoms with E-state index in [9.17, 15) is 14.7 Å². The Labute approximate surface area is 317 Å². The number of likely N-dealkylation sites (tertiary alicyclic amines) is 1. The highest BCUT2D eigenvalue weighted by molar-refractivity contribution is 5.77. The fraction of sp³-hybridized carbons (Fsp3) is 0.545. The van der Waals surface area contributed by atoms with Crippen molar-refractivity contribution in [3.63, 3.8) is 0 Å². The van der Waals surface area contributed by atoms with E-state index in [-0.39, 0.29) is 24.5 Å². The number of unbranched alkanes of at least 4 members (excludes halogenated alkanes) is 10. The predicted molar refractivity (Wildman–Crippen MR) is 211 cm³/mol. The molecule has 0 bridgehead atoms. The zero-order valence-electron chi connectivity index (χ0n) is 32.1. The molecule has 3 aromatic carbocycles. The first-order chi connectivity index (χ1) is 25.9. The lowest BCUT2D eigenvalue weighted by Gasteiger charge is -2.38. The van der Waals surface area contributed by atoms with Crippen molar-refractivity contribution in [2.45, 2.75) is 114 Å². The minimum Gasteiger partial charge on any atom is -0.497 e. The number of ether oxygens (including phenoxy) is 3. The van der Waals surface area contributed by atoms with Gasteiger partial charge in [-0.25, -0.2) is 0 Å². The van der Waals surface area contributed by atoms with Crippen molar-refractivity contribution in [2.75, 3.05) is 40.5 Å².